The van der Waals surface area contributed by atoms with E-state index >= 15 is 0 Å². The van der Waals surface area contributed by atoms with Crippen molar-refractivity contribution in [3.63, 3.8) is 0 Å². The summed E-state index contributed by atoms with van der Waals surface area (Å²) in [5, 5.41) is 0. The SMILES string of the molecule is O=C1CC2C=CC1C1CCC21. The maximum Gasteiger partial charge on any atom is 0.140 e. The summed E-state index contributed by atoms with van der Waals surface area (Å²) in [5.74, 6) is 3.12. The number of Topliss-reactive ketones (excluding diaryl/α,β-unsaturated/α-hetero) is 1. The standard InChI is InChI=1S/C10H12O/c11-10-5-6-1-2-9(10)8-4-3-7(6)8/h1-2,6-9H,3-5H2. The van der Waals surface area contributed by atoms with Crippen LogP contribution < -0.4 is 0 Å². The van der Waals surface area contributed by atoms with Crippen LogP contribution >= 0.6 is 0 Å². The number of ketones is 1. The van der Waals surface area contributed by atoms with Crippen molar-refractivity contribution >= 4 is 5.78 Å². The van der Waals surface area contributed by atoms with Crippen molar-refractivity contribution in [1.29, 1.82) is 0 Å². The lowest BCUT2D eigenvalue weighted by atomic mass is 9.53. The van der Waals surface area contributed by atoms with Gasteiger partial charge in [0.1, 0.15) is 5.78 Å². The minimum absolute atomic E-state index is 0.332. The van der Waals surface area contributed by atoms with Crippen molar-refractivity contribution in [3.05, 3.63) is 12.2 Å². The van der Waals surface area contributed by atoms with Gasteiger partial charge < -0.3 is 0 Å². The van der Waals surface area contributed by atoms with Crippen molar-refractivity contribution in [2.24, 2.45) is 23.7 Å². The molecule has 0 aromatic rings. The van der Waals surface area contributed by atoms with Crippen molar-refractivity contribution in [3.8, 4) is 0 Å². The molecule has 4 atom stereocenters. The summed E-state index contributed by atoms with van der Waals surface area (Å²) in [4.78, 5) is 11.4. The number of fused-ring (bicyclic) bond motifs is 1. The third-order valence-corrected chi connectivity index (χ3v) is 3.77. The number of hydrogen-bond donors (Lipinski definition) is 0. The molecule has 0 heterocycles. The van der Waals surface area contributed by atoms with E-state index in [0.717, 1.165) is 18.3 Å². The molecule has 0 aliphatic heterocycles. The lowest BCUT2D eigenvalue weighted by Gasteiger charge is -2.51. The fourth-order valence-corrected chi connectivity index (χ4v) is 3.01. The predicted molar refractivity (Wildman–Crippen MR) is 42.0 cm³/mol. The Morgan fingerprint density at radius 1 is 1.18 bits per heavy atom. The first kappa shape index (κ1) is 5.99. The third-order valence-electron chi connectivity index (χ3n) is 3.77. The van der Waals surface area contributed by atoms with Gasteiger partial charge in [-0.3, -0.25) is 4.79 Å². The molecule has 0 amide bonds. The van der Waals surface area contributed by atoms with Crippen LogP contribution in [0.5, 0.6) is 0 Å². The van der Waals surface area contributed by atoms with E-state index in [1.54, 1.807) is 0 Å². The molecule has 0 N–H and O–H groups in total. The second-order valence-electron chi connectivity index (χ2n) is 4.15. The summed E-state index contributed by atoms with van der Waals surface area (Å²) in [6.45, 7) is 0. The Kier molecular flexibility index (Phi) is 0.961. The fourth-order valence-electron chi connectivity index (χ4n) is 3.01. The molecule has 4 unspecified atom stereocenters. The zero-order valence-corrected chi connectivity index (χ0v) is 6.49. The molecule has 4 aliphatic rings. The van der Waals surface area contributed by atoms with Crippen molar-refractivity contribution in [1.82, 2.24) is 0 Å². The molecule has 0 spiro atoms. The van der Waals surface area contributed by atoms with Gasteiger partial charge in [-0.1, -0.05) is 12.2 Å². The molecule has 2 saturated carbocycles. The van der Waals surface area contributed by atoms with Crippen LogP contribution in [0, 0.1) is 23.7 Å². The Labute approximate surface area is 66.5 Å². The van der Waals surface area contributed by atoms with Crippen LogP contribution in [0.3, 0.4) is 0 Å². The van der Waals surface area contributed by atoms with E-state index in [4.69, 9.17) is 0 Å². The summed E-state index contributed by atoms with van der Waals surface area (Å²) in [5.41, 5.74) is 0. The minimum atomic E-state index is 0.332. The van der Waals surface area contributed by atoms with Crippen LogP contribution in [-0.4, -0.2) is 5.78 Å². The van der Waals surface area contributed by atoms with Gasteiger partial charge in [0.05, 0.1) is 0 Å². The van der Waals surface area contributed by atoms with Gasteiger partial charge in [-0.2, -0.15) is 0 Å². The van der Waals surface area contributed by atoms with E-state index in [9.17, 15) is 4.79 Å². The first-order valence-electron chi connectivity index (χ1n) is 4.57. The van der Waals surface area contributed by atoms with Gasteiger partial charge in [0.2, 0.25) is 0 Å². The van der Waals surface area contributed by atoms with Gasteiger partial charge in [0, 0.05) is 12.3 Å². The van der Waals surface area contributed by atoms with E-state index in [2.05, 4.69) is 12.2 Å². The number of carbonyl (C=O) groups excluding carboxylic acids is 1. The van der Waals surface area contributed by atoms with Crippen LogP contribution in [-0.2, 0) is 4.79 Å². The Morgan fingerprint density at radius 2 is 2.00 bits per heavy atom. The van der Waals surface area contributed by atoms with Crippen LogP contribution in [0.1, 0.15) is 19.3 Å². The molecule has 58 valence electrons. The molecule has 0 aromatic carbocycles. The van der Waals surface area contributed by atoms with E-state index in [-0.39, 0.29) is 0 Å². The highest BCUT2D eigenvalue weighted by Crippen LogP contribution is 2.53. The Balaban J connectivity index is 2.03. The summed E-state index contributed by atoms with van der Waals surface area (Å²) in [6, 6.07) is 0. The van der Waals surface area contributed by atoms with Gasteiger partial charge in [-0.15, -0.1) is 0 Å². The van der Waals surface area contributed by atoms with Crippen LogP contribution in [0.15, 0.2) is 12.2 Å². The van der Waals surface area contributed by atoms with E-state index < -0.39 is 0 Å². The minimum Gasteiger partial charge on any atom is -0.299 e. The molecule has 2 bridgehead atoms. The zero-order chi connectivity index (χ0) is 7.42. The van der Waals surface area contributed by atoms with E-state index in [1.165, 1.54) is 12.8 Å². The molecule has 0 radical (unpaired) electrons. The highest BCUT2D eigenvalue weighted by molar-refractivity contribution is 5.85. The third kappa shape index (κ3) is 0.597. The molecule has 4 aliphatic carbocycles. The predicted octanol–water partition coefficient (Wildman–Crippen LogP) is 1.79. The highest BCUT2D eigenvalue weighted by Gasteiger charge is 2.49. The summed E-state index contributed by atoms with van der Waals surface area (Å²) in [7, 11) is 0. The van der Waals surface area contributed by atoms with Gasteiger partial charge in [-0.25, -0.2) is 0 Å². The van der Waals surface area contributed by atoms with Gasteiger partial charge in [0.25, 0.3) is 0 Å². The zero-order valence-electron chi connectivity index (χ0n) is 6.49. The lowest BCUT2D eigenvalue weighted by Crippen LogP contribution is -2.47. The first-order chi connectivity index (χ1) is 5.36. The number of carbonyl (C=O) groups is 1. The van der Waals surface area contributed by atoms with Gasteiger partial charge >= 0.3 is 0 Å². The maximum atomic E-state index is 11.4. The van der Waals surface area contributed by atoms with E-state index in [1.807, 2.05) is 0 Å². The second kappa shape index (κ2) is 1.77. The molecule has 0 saturated heterocycles. The quantitative estimate of drug-likeness (QED) is 0.479. The number of hydrogen-bond acceptors (Lipinski definition) is 1. The second-order valence-corrected chi connectivity index (χ2v) is 4.15. The smallest absolute Gasteiger partial charge is 0.140 e. The summed E-state index contributed by atoms with van der Waals surface area (Å²) < 4.78 is 0. The van der Waals surface area contributed by atoms with Crippen molar-refractivity contribution < 1.29 is 4.79 Å². The van der Waals surface area contributed by atoms with Crippen LogP contribution in [0.2, 0.25) is 0 Å². The molecule has 1 heteroatoms. The average molecular weight is 148 g/mol. The van der Waals surface area contributed by atoms with Gasteiger partial charge in [-0.05, 0) is 30.6 Å². The Hall–Kier alpha value is -0.590. The van der Waals surface area contributed by atoms with Crippen LogP contribution in [0.4, 0.5) is 0 Å². The van der Waals surface area contributed by atoms with Crippen molar-refractivity contribution in [2.75, 3.05) is 0 Å². The molecule has 0 aromatic heterocycles. The van der Waals surface area contributed by atoms with Crippen LogP contribution in [0.25, 0.3) is 0 Å². The highest BCUT2D eigenvalue weighted by atomic mass is 16.1. The van der Waals surface area contributed by atoms with Crippen molar-refractivity contribution in [2.45, 2.75) is 19.3 Å². The average Bonchev–Trinajstić information content (AvgIpc) is 1.89. The largest absolute Gasteiger partial charge is 0.299 e. The topological polar surface area (TPSA) is 17.1 Å². The Morgan fingerprint density at radius 3 is 2.45 bits per heavy atom. The summed E-state index contributed by atoms with van der Waals surface area (Å²) >= 11 is 0. The fraction of sp³-hybridized carbons (Fsp3) is 0.700. The molecule has 1 nitrogen and oxygen atoms in total. The molecule has 2 fully saturated rings. The normalized spacial score (nSPS) is 52.2. The Bertz CT molecular complexity index is 241. The molecule has 11 heavy (non-hydrogen) atoms. The molecular weight excluding hydrogens is 136 g/mol. The first-order valence-corrected chi connectivity index (χ1v) is 4.57. The number of allylic oxidation sites excluding steroid dienone is 2. The lowest BCUT2D eigenvalue weighted by molar-refractivity contribution is -0.132. The molecule has 4 rings (SSSR count). The number of rotatable bonds is 0. The van der Waals surface area contributed by atoms with E-state index in [0.29, 0.717) is 17.6 Å². The van der Waals surface area contributed by atoms with Gasteiger partial charge in [0.15, 0.2) is 0 Å². The molecular formula is C10H12O. The maximum absolute atomic E-state index is 11.4. The summed E-state index contributed by atoms with van der Waals surface area (Å²) in [6.07, 6.45) is 7.98. The monoisotopic (exact) mass is 148 g/mol.